The van der Waals surface area contributed by atoms with Crippen molar-refractivity contribution in [1.29, 1.82) is 0 Å². The number of halogens is 1. The van der Waals surface area contributed by atoms with Crippen molar-refractivity contribution in [3.05, 3.63) is 57.4 Å². The molecule has 0 bridgehead atoms. The van der Waals surface area contributed by atoms with Crippen LogP contribution >= 0.6 is 22.9 Å². The molecule has 7 nitrogen and oxygen atoms in total. The van der Waals surface area contributed by atoms with Crippen molar-refractivity contribution in [2.45, 2.75) is 11.4 Å². The molecule has 0 atom stereocenters. The number of carboxylic acids is 1. The highest BCUT2D eigenvalue weighted by Gasteiger charge is 2.17. The van der Waals surface area contributed by atoms with Crippen molar-refractivity contribution < 1.29 is 18.3 Å². The van der Waals surface area contributed by atoms with Crippen LogP contribution in [0.1, 0.15) is 15.4 Å². The van der Waals surface area contributed by atoms with Gasteiger partial charge in [-0.2, -0.15) is 5.10 Å². The predicted molar refractivity (Wildman–Crippen MR) is 94.4 cm³/mol. The lowest BCUT2D eigenvalue weighted by atomic mass is 10.1. The van der Waals surface area contributed by atoms with Crippen molar-refractivity contribution in [3.63, 3.8) is 0 Å². The van der Waals surface area contributed by atoms with Crippen molar-refractivity contribution in [2.24, 2.45) is 5.14 Å². The van der Waals surface area contributed by atoms with Crippen LogP contribution < -0.4 is 5.14 Å². The van der Waals surface area contributed by atoms with Crippen molar-refractivity contribution in [3.8, 4) is 11.3 Å². The van der Waals surface area contributed by atoms with Crippen LogP contribution in [-0.4, -0.2) is 29.3 Å². The van der Waals surface area contributed by atoms with Gasteiger partial charge in [0, 0.05) is 15.3 Å². The third-order valence-electron chi connectivity index (χ3n) is 3.40. The first kappa shape index (κ1) is 17.6. The van der Waals surface area contributed by atoms with Gasteiger partial charge in [0.2, 0.25) is 10.0 Å². The minimum Gasteiger partial charge on any atom is -0.476 e. The maximum absolute atomic E-state index is 11.4. The number of nitrogens with zero attached hydrogens (tertiary/aromatic N) is 2. The molecular formula is C15H12ClN3O4S2. The highest BCUT2D eigenvalue weighted by atomic mass is 35.5. The Kier molecular flexibility index (Phi) is 4.65. The zero-order valence-corrected chi connectivity index (χ0v) is 15.0. The quantitative estimate of drug-likeness (QED) is 0.686. The Morgan fingerprint density at radius 3 is 2.52 bits per heavy atom. The molecule has 0 unspecified atom stereocenters. The molecule has 130 valence electrons. The number of benzene rings is 1. The second kappa shape index (κ2) is 6.60. The molecule has 0 spiro atoms. The number of nitrogens with two attached hydrogens (primary N) is 1. The van der Waals surface area contributed by atoms with Crippen molar-refractivity contribution >= 4 is 38.9 Å². The van der Waals surface area contributed by atoms with E-state index < -0.39 is 16.0 Å². The third-order valence-corrected chi connectivity index (χ3v) is 5.62. The monoisotopic (exact) mass is 397 g/mol. The van der Waals surface area contributed by atoms with E-state index in [2.05, 4.69) is 5.10 Å². The van der Waals surface area contributed by atoms with Crippen LogP contribution in [-0.2, 0) is 16.6 Å². The lowest BCUT2D eigenvalue weighted by Gasteiger charge is -2.06. The molecule has 0 fully saturated rings. The molecule has 0 saturated carbocycles. The number of sulfonamides is 1. The van der Waals surface area contributed by atoms with Gasteiger partial charge in [-0.3, -0.25) is 4.68 Å². The second-order valence-electron chi connectivity index (χ2n) is 5.18. The van der Waals surface area contributed by atoms with E-state index in [4.69, 9.17) is 16.7 Å². The number of rotatable bonds is 5. The van der Waals surface area contributed by atoms with E-state index in [-0.39, 0.29) is 17.1 Å². The van der Waals surface area contributed by atoms with Gasteiger partial charge in [0.25, 0.3) is 0 Å². The highest BCUT2D eigenvalue weighted by molar-refractivity contribution is 7.89. The van der Waals surface area contributed by atoms with Gasteiger partial charge in [-0.1, -0.05) is 23.7 Å². The molecule has 2 aromatic heterocycles. The van der Waals surface area contributed by atoms with E-state index in [0.29, 0.717) is 15.6 Å². The molecular weight excluding hydrogens is 386 g/mol. The second-order valence-corrected chi connectivity index (χ2v) is 8.17. The minimum absolute atomic E-state index is 0.0196. The Bertz CT molecular complexity index is 1040. The van der Waals surface area contributed by atoms with E-state index in [1.54, 1.807) is 24.3 Å². The number of carboxylic acid groups (broad SMARTS) is 1. The zero-order chi connectivity index (χ0) is 18.2. The molecule has 3 rings (SSSR count). The summed E-state index contributed by atoms with van der Waals surface area (Å²) in [5.41, 5.74) is 1.22. The Hall–Kier alpha value is -2.20. The summed E-state index contributed by atoms with van der Waals surface area (Å²) in [6, 6.07) is 9.81. The minimum atomic E-state index is -3.78. The first-order valence-electron chi connectivity index (χ1n) is 6.91. The van der Waals surface area contributed by atoms with Crippen LogP contribution in [0.4, 0.5) is 0 Å². The van der Waals surface area contributed by atoms with Crippen LogP contribution in [0, 0.1) is 0 Å². The van der Waals surface area contributed by atoms with E-state index in [0.717, 1.165) is 5.56 Å². The number of aromatic nitrogens is 2. The molecule has 3 aromatic rings. The fourth-order valence-electron chi connectivity index (χ4n) is 2.24. The number of carbonyl (C=O) groups is 1. The summed E-state index contributed by atoms with van der Waals surface area (Å²) >= 11 is 7.09. The van der Waals surface area contributed by atoms with E-state index >= 15 is 0 Å². The largest absolute Gasteiger partial charge is 0.476 e. The molecule has 0 aliphatic carbocycles. The van der Waals surface area contributed by atoms with Gasteiger partial charge in [0.05, 0.1) is 17.1 Å². The van der Waals surface area contributed by atoms with Crippen LogP contribution in [0.5, 0.6) is 0 Å². The van der Waals surface area contributed by atoms with Gasteiger partial charge in [-0.15, -0.1) is 11.3 Å². The first-order chi connectivity index (χ1) is 11.7. The van der Waals surface area contributed by atoms with Crippen LogP contribution in [0.3, 0.4) is 0 Å². The molecule has 0 radical (unpaired) electrons. The fourth-order valence-corrected chi connectivity index (χ4v) is 4.15. The average molecular weight is 398 g/mol. The first-order valence-corrected chi connectivity index (χ1v) is 9.72. The predicted octanol–water partition coefficient (Wildman–Crippen LogP) is 2.66. The molecule has 1 aromatic carbocycles. The Balaban J connectivity index is 2.01. The van der Waals surface area contributed by atoms with Gasteiger partial charge in [-0.05, 0) is 29.8 Å². The average Bonchev–Trinajstić information content (AvgIpc) is 3.15. The van der Waals surface area contributed by atoms with Gasteiger partial charge in [0.1, 0.15) is 0 Å². The van der Waals surface area contributed by atoms with Crippen molar-refractivity contribution in [2.75, 3.05) is 0 Å². The number of hydrogen-bond donors (Lipinski definition) is 2. The molecule has 0 aliphatic rings. The fraction of sp³-hybridized carbons (Fsp3) is 0.0667. The Morgan fingerprint density at radius 1 is 1.28 bits per heavy atom. The molecule has 0 saturated heterocycles. The number of hydrogen-bond acceptors (Lipinski definition) is 5. The number of thiophene rings is 1. The number of aromatic carboxylic acids is 1. The van der Waals surface area contributed by atoms with Gasteiger partial charge < -0.3 is 5.11 Å². The van der Waals surface area contributed by atoms with Crippen LogP contribution in [0.2, 0.25) is 5.02 Å². The summed E-state index contributed by atoms with van der Waals surface area (Å²) in [6.07, 6.45) is 0. The lowest BCUT2D eigenvalue weighted by molar-refractivity contribution is 0.0689. The topological polar surface area (TPSA) is 115 Å². The van der Waals surface area contributed by atoms with E-state index in [1.165, 1.54) is 33.5 Å². The van der Waals surface area contributed by atoms with Crippen LogP contribution in [0.15, 0.2) is 46.7 Å². The molecule has 25 heavy (non-hydrogen) atoms. The van der Waals surface area contributed by atoms with Crippen LogP contribution in [0.25, 0.3) is 11.3 Å². The highest BCUT2D eigenvalue weighted by Crippen LogP contribution is 2.25. The van der Waals surface area contributed by atoms with E-state index in [1.807, 2.05) is 0 Å². The normalized spacial score (nSPS) is 11.6. The maximum atomic E-state index is 11.4. The summed E-state index contributed by atoms with van der Waals surface area (Å²) < 4.78 is 24.3. The summed E-state index contributed by atoms with van der Waals surface area (Å²) in [4.78, 5) is 11.9. The third kappa shape index (κ3) is 3.90. The molecule has 0 aliphatic heterocycles. The van der Waals surface area contributed by atoms with Gasteiger partial charge in [0.15, 0.2) is 5.69 Å². The van der Waals surface area contributed by atoms with Gasteiger partial charge >= 0.3 is 5.97 Å². The molecule has 2 heterocycles. The molecule has 0 amide bonds. The molecule has 3 N–H and O–H groups in total. The van der Waals surface area contributed by atoms with E-state index in [9.17, 15) is 18.3 Å². The van der Waals surface area contributed by atoms with Gasteiger partial charge in [-0.25, -0.2) is 18.4 Å². The summed E-state index contributed by atoms with van der Waals surface area (Å²) in [7, 11) is -3.78. The summed E-state index contributed by atoms with van der Waals surface area (Å²) in [5, 5.41) is 20.4. The maximum Gasteiger partial charge on any atom is 0.356 e. The van der Waals surface area contributed by atoms with Crippen molar-refractivity contribution in [1.82, 2.24) is 9.78 Å². The Labute approximate surface area is 152 Å². The lowest BCUT2D eigenvalue weighted by Crippen LogP contribution is -2.11. The molecule has 10 heteroatoms. The Morgan fingerprint density at radius 2 is 1.96 bits per heavy atom. The SMILES string of the molecule is NS(=O)(=O)c1csc(Cn2nc(C(=O)O)cc2-c2ccc(Cl)cc2)c1. The summed E-state index contributed by atoms with van der Waals surface area (Å²) in [5.74, 6) is -1.15. The standard InChI is InChI=1S/C15H12ClN3O4S2/c16-10-3-1-9(2-4-10)14-6-13(15(20)21)18-19(14)7-11-5-12(8-24-11)25(17,22)23/h1-6,8H,7H2,(H,20,21)(H2,17,22,23). The number of primary sulfonamides is 1. The smallest absolute Gasteiger partial charge is 0.356 e. The summed E-state index contributed by atoms with van der Waals surface area (Å²) in [6.45, 7) is 0.214. The zero-order valence-electron chi connectivity index (χ0n) is 12.6.